The first kappa shape index (κ1) is 12.5. The quantitative estimate of drug-likeness (QED) is 0.663. The van der Waals surface area contributed by atoms with Crippen molar-refractivity contribution in [3.8, 4) is 0 Å². The Morgan fingerprint density at radius 2 is 1.80 bits per heavy atom. The van der Waals surface area contributed by atoms with Crippen LogP contribution >= 0.6 is 0 Å². The molecule has 1 rings (SSSR count). The predicted molar refractivity (Wildman–Crippen MR) is 68.1 cm³/mol. The largest absolute Gasteiger partial charge is 0.304 e. The molecule has 1 unspecified atom stereocenters. The summed E-state index contributed by atoms with van der Waals surface area (Å²) in [6, 6.07) is 0.661. The van der Waals surface area contributed by atoms with Gasteiger partial charge >= 0.3 is 0 Å². The molecule has 0 aromatic rings. The van der Waals surface area contributed by atoms with Crippen molar-refractivity contribution < 1.29 is 0 Å². The lowest BCUT2D eigenvalue weighted by Gasteiger charge is -2.26. The van der Waals surface area contributed by atoms with E-state index in [4.69, 9.17) is 0 Å². The third-order valence-corrected chi connectivity index (χ3v) is 3.51. The van der Waals surface area contributed by atoms with Gasteiger partial charge in [0.15, 0.2) is 0 Å². The molecule has 0 bridgehead atoms. The van der Waals surface area contributed by atoms with Crippen LogP contribution < -0.4 is 0 Å². The molecule has 0 aliphatic heterocycles. The molecule has 0 aromatic carbocycles. The monoisotopic (exact) mass is 207 g/mol. The van der Waals surface area contributed by atoms with Gasteiger partial charge in [0.2, 0.25) is 0 Å². The smallest absolute Gasteiger partial charge is 0.0104 e. The van der Waals surface area contributed by atoms with Crippen LogP contribution in [-0.2, 0) is 0 Å². The molecule has 0 saturated carbocycles. The van der Waals surface area contributed by atoms with Gasteiger partial charge in [-0.3, -0.25) is 0 Å². The summed E-state index contributed by atoms with van der Waals surface area (Å²) in [7, 11) is 2.21. The first-order valence-corrected chi connectivity index (χ1v) is 6.27. The van der Waals surface area contributed by atoms with Crippen molar-refractivity contribution in [3.63, 3.8) is 0 Å². The topological polar surface area (TPSA) is 3.24 Å². The first-order valence-electron chi connectivity index (χ1n) is 6.27. The fourth-order valence-electron chi connectivity index (χ4n) is 2.15. The van der Waals surface area contributed by atoms with Crippen molar-refractivity contribution in [1.29, 1.82) is 0 Å². The summed E-state index contributed by atoms with van der Waals surface area (Å²) in [6.45, 7) is 7.95. The van der Waals surface area contributed by atoms with Gasteiger partial charge in [0, 0.05) is 6.04 Å². The zero-order valence-electron chi connectivity index (χ0n) is 10.7. The van der Waals surface area contributed by atoms with E-state index in [-0.39, 0.29) is 0 Å². The highest BCUT2D eigenvalue weighted by Gasteiger charge is 2.13. The number of nitrogens with zero attached hydrogens (tertiary/aromatic N) is 1. The van der Waals surface area contributed by atoms with E-state index in [9.17, 15) is 0 Å². The van der Waals surface area contributed by atoms with E-state index >= 15 is 0 Å². The molecule has 0 fully saturated rings. The Kier molecular flexibility index (Phi) is 5.10. The highest BCUT2D eigenvalue weighted by molar-refractivity contribution is 5.33. The molecule has 15 heavy (non-hydrogen) atoms. The molecule has 0 heterocycles. The van der Waals surface area contributed by atoms with Gasteiger partial charge in [-0.1, -0.05) is 26.0 Å². The average molecular weight is 207 g/mol. The van der Waals surface area contributed by atoms with E-state index in [2.05, 4.69) is 44.9 Å². The van der Waals surface area contributed by atoms with Crippen molar-refractivity contribution in [2.24, 2.45) is 0 Å². The van der Waals surface area contributed by atoms with E-state index in [1.54, 1.807) is 11.1 Å². The SMILES string of the molecule is CCC1=CCCC=C1CC(C)N(C)CC. The van der Waals surface area contributed by atoms with Crippen LogP contribution in [0, 0.1) is 0 Å². The van der Waals surface area contributed by atoms with Crippen LogP contribution in [-0.4, -0.2) is 24.5 Å². The second-order valence-corrected chi connectivity index (χ2v) is 4.52. The lowest BCUT2D eigenvalue weighted by atomic mass is 9.91. The van der Waals surface area contributed by atoms with E-state index in [1.165, 1.54) is 25.7 Å². The van der Waals surface area contributed by atoms with E-state index in [0.717, 1.165) is 6.54 Å². The minimum absolute atomic E-state index is 0.661. The van der Waals surface area contributed by atoms with Gasteiger partial charge in [-0.2, -0.15) is 0 Å². The molecule has 1 aliphatic rings. The Morgan fingerprint density at radius 1 is 1.20 bits per heavy atom. The zero-order valence-corrected chi connectivity index (χ0v) is 10.7. The molecule has 0 saturated heterocycles. The highest BCUT2D eigenvalue weighted by atomic mass is 15.1. The second kappa shape index (κ2) is 6.12. The molecule has 0 N–H and O–H groups in total. The summed E-state index contributed by atoms with van der Waals surface area (Å²) in [6.07, 6.45) is 9.75. The Hall–Kier alpha value is -0.560. The number of allylic oxidation sites excluding steroid dienone is 3. The van der Waals surface area contributed by atoms with Crippen molar-refractivity contribution in [2.75, 3.05) is 13.6 Å². The van der Waals surface area contributed by atoms with Gasteiger partial charge in [0.05, 0.1) is 0 Å². The molecule has 0 aromatic heterocycles. The Balaban J connectivity index is 2.57. The van der Waals surface area contributed by atoms with Crippen LogP contribution in [0.2, 0.25) is 0 Å². The molecule has 0 spiro atoms. The Labute approximate surface area is 94.9 Å². The summed E-state index contributed by atoms with van der Waals surface area (Å²) in [5.74, 6) is 0. The molecule has 1 heteroatoms. The highest BCUT2D eigenvalue weighted by Crippen LogP contribution is 2.26. The molecule has 1 aliphatic carbocycles. The summed E-state index contributed by atoms with van der Waals surface area (Å²) in [5.41, 5.74) is 3.18. The standard InChI is InChI=1S/C14H25N/c1-5-13-9-7-8-10-14(13)11-12(3)15(4)6-2/h9-10,12H,5-8,11H2,1-4H3. The second-order valence-electron chi connectivity index (χ2n) is 4.52. The van der Waals surface area contributed by atoms with Gasteiger partial charge in [0.25, 0.3) is 0 Å². The Morgan fingerprint density at radius 3 is 2.33 bits per heavy atom. The number of hydrogen-bond donors (Lipinski definition) is 0. The zero-order chi connectivity index (χ0) is 11.3. The lowest BCUT2D eigenvalue weighted by Crippen LogP contribution is -2.29. The Bertz CT molecular complexity index is 250. The summed E-state index contributed by atoms with van der Waals surface area (Å²) < 4.78 is 0. The van der Waals surface area contributed by atoms with Crippen molar-refractivity contribution >= 4 is 0 Å². The van der Waals surface area contributed by atoms with Gasteiger partial charge in [-0.05, 0) is 57.3 Å². The number of hydrogen-bond acceptors (Lipinski definition) is 1. The van der Waals surface area contributed by atoms with Crippen LogP contribution in [0.25, 0.3) is 0 Å². The summed E-state index contributed by atoms with van der Waals surface area (Å²) in [4.78, 5) is 2.42. The molecular weight excluding hydrogens is 182 g/mol. The van der Waals surface area contributed by atoms with E-state index in [0.29, 0.717) is 6.04 Å². The van der Waals surface area contributed by atoms with Gasteiger partial charge < -0.3 is 4.90 Å². The van der Waals surface area contributed by atoms with Crippen LogP contribution in [0.15, 0.2) is 23.3 Å². The molecular formula is C14H25N. The maximum absolute atomic E-state index is 2.44. The molecule has 1 nitrogen and oxygen atoms in total. The maximum Gasteiger partial charge on any atom is 0.0104 e. The van der Waals surface area contributed by atoms with Crippen molar-refractivity contribution in [3.05, 3.63) is 23.3 Å². The predicted octanol–water partition coefficient (Wildman–Crippen LogP) is 3.77. The molecule has 1 atom stereocenters. The van der Waals surface area contributed by atoms with Crippen LogP contribution in [0.4, 0.5) is 0 Å². The average Bonchev–Trinajstić information content (AvgIpc) is 2.28. The molecule has 0 radical (unpaired) electrons. The summed E-state index contributed by atoms with van der Waals surface area (Å²) >= 11 is 0. The van der Waals surface area contributed by atoms with Gasteiger partial charge in [-0.25, -0.2) is 0 Å². The third kappa shape index (κ3) is 3.49. The number of rotatable bonds is 5. The van der Waals surface area contributed by atoms with Crippen LogP contribution in [0.5, 0.6) is 0 Å². The normalized spacial score (nSPS) is 18.7. The van der Waals surface area contributed by atoms with Gasteiger partial charge in [0.1, 0.15) is 0 Å². The van der Waals surface area contributed by atoms with Crippen LogP contribution in [0.3, 0.4) is 0 Å². The minimum Gasteiger partial charge on any atom is -0.304 e. The first-order chi connectivity index (χ1) is 7.19. The van der Waals surface area contributed by atoms with Crippen molar-refractivity contribution in [2.45, 2.75) is 52.5 Å². The maximum atomic E-state index is 2.44. The van der Waals surface area contributed by atoms with Crippen molar-refractivity contribution in [1.82, 2.24) is 4.90 Å². The fourth-order valence-corrected chi connectivity index (χ4v) is 2.15. The third-order valence-electron chi connectivity index (χ3n) is 3.51. The molecule has 86 valence electrons. The fraction of sp³-hybridized carbons (Fsp3) is 0.714. The van der Waals surface area contributed by atoms with E-state index < -0.39 is 0 Å². The lowest BCUT2D eigenvalue weighted by molar-refractivity contribution is 0.269. The minimum atomic E-state index is 0.661. The van der Waals surface area contributed by atoms with E-state index in [1.807, 2.05) is 0 Å². The molecule has 0 amide bonds. The van der Waals surface area contributed by atoms with Crippen LogP contribution in [0.1, 0.15) is 46.5 Å². The van der Waals surface area contributed by atoms with Gasteiger partial charge in [-0.15, -0.1) is 0 Å². The summed E-state index contributed by atoms with van der Waals surface area (Å²) in [5, 5.41) is 0.